The van der Waals surface area contributed by atoms with E-state index in [1.165, 1.54) is 0 Å². The number of rotatable bonds is 9. The second-order valence-corrected chi connectivity index (χ2v) is 91.2. The Morgan fingerprint density at radius 2 is 1.08 bits per heavy atom. The quantitative estimate of drug-likeness (QED) is 0.182. The van der Waals surface area contributed by atoms with E-state index in [9.17, 15) is 0 Å². The van der Waals surface area contributed by atoms with Crippen LogP contribution in [0.4, 0.5) is 0 Å². The van der Waals surface area contributed by atoms with Crippen LogP contribution in [0.3, 0.4) is 0 Å². The van der Waals surface area contributed by atoms with Crippen LogP contribution in [0.2, 0.25) is 0 Å². The molecule has 24 heavy (non-hydrogen) atoms. The van der Waals surface area contributed by atoms with Crippen LogP contribution in [0.25, 0.3) is 0 Å². The maximum absolute atomic E-state index is 5.82. The Morgan fingerprint density at radius 3 is 1.29 bits per heavy atom. The van der Waals surface area contributed by atoms with Crippen LogP contribution in [0.15, 0.2) is 0 Å². The highest BCUT2D eigenvalue weighted by atomic mass is 33.4. The molecule has 0 spiro atoms. The van der Waals surface area contributed by atoms with Gasteiger partial charge in [-0.05, 0) is 63.9 Å². The molecule has 0 saturated heterocycles. The molecular weight excluding hydrogens is 708 g/mol. The molecule has 0 N–H and O–H groups in total. The number of hydrogen-bond donors (Lipinski definition) is 1. The van der Waals surface area contributed by atoms with Crippen molar-refractivity contribution in [1.29, 1.82) is 0 Å². The molecule has 0 fully saturated rings. The third-order valence-electron chi connectivity index (χ3n) is 1.69. The van der Waals surface area contributed by atoms with Crippen molar-refractivity contribution >= 4 is 182 Å². The summed E-state index contributed by atoms with van der Waals surface area (Å²) in [5.41, 5.74) is 0. The molecule has 0 aliphatic carbocycles. The summed E-state index contributed by atoms with van der Waals surface area (Å²) in [4.78, 5) is 0. The Kier molecular flexibility index (Phi) is 28.5. The molecule has 0 aliphatic heterocycles. The maximum atomic E-state index is 5.82. The van der Waals surface area contributed by atoms with Gasteiger partial charge in [0.05, 0.1) is 0 Å². The van der Waals surface area contributed by atoms with Crippen LogP contribution >= 0.6 is 170 Å². The molecule has 0 saturated carbocycles. The zero-order valence-corrected chi connectivity index (χ0v) is 35.5. The lowest BCUT2D eigenvalue weighted by Gasteiger charge is -2.41. The fourth-order valence-electron chi connectivity index (χ4n) is 0.907. The summed E-state index contributed by atoms with van der Waals surface area (Å²) >= 11 is 10.7. The van der Waals surface area contributed by atoms with E-state index < -0.39 is 4.62 Å². The van der Waals surface area contributed by atoms with E-state index in [1.807, 2.05) is 13.8 Å². The van der Waals surface area contributed by atoms with Crippen LogP contribution in [-0.4, -0.2) is 0 Å². The fraction of sp³-hybridized carbons (Fsp3) is 1.00. The van der Waals surface area contributed by atoms with Gasteiger partial charge in [0, 0.05) is 4.62 Å². The van der Waals surface area contributed by atoms with E-state index in [2.05, 4.69) is 89.3 Å². The predicted octanol–water partition coefficient (Wildman–Crippen LogP) is 13.0. The first kappa shape index (κ1) is 35.3. The minimum atomic E-state index is -1.56. The number of thiol groups is 1. The molecule has 148 valence electrons. The summed E-state index contributed by atoms with van der Waals surface area (Å²) in [6.45, 7) is 3.82. The third-order valence-corrected chi connectivity index (χ3v) is 137. The lowest BCUT2D eigenvalue weighted by molar-refractivity contribution is 1.50. The normalized spacial score (nSPS) is 18.0. The first-order chi connectivity index (χ1) is 10.8. The Hall–Kier alpha value is 9.17. The van der Waals surface area contributed by atoms with Gasteiger partial charge in [0.25, 0.3) is 0 Å². The highest BCUT2D eigenvalue weighted by Gasteiger charge is 2.38. The molecule has 0 nitrogen and oxygen atoms in total. The third kappa shape index (κ3) is 15.2. The van der Waals surface area contributed by atoms with Gasteiger partial charge in [-0.2, -0.15) is 0 Å². The van der Waals surface area contributed by atoms with Crippen molar-refractivity contribution < 1.29 is 0 Å². The van der Waals surface area contributed by atoms with Gasteiger partial charge in [-0.3, -0.25) is 0 Å². The first-order valence-electron chi connectivity index (χ1n) is 5.81. The van der Waals surface area contributed by atoms with Crippen molar-refractivity contribution in [2.45, 2.75) is 13.8 Å². The highest BCUT2D eigenvalue weighted by molar-refractivity contribution is 9.34. The van der Waals surface area contributed by atoms with E-state index in [4.69, 9.17) is 24.1 Å². The standard InChI is InChI=1S/C2H6.H22P20S2/c1-2;1-12(2)17(13(3)4)11-18(16(9)20(10,21)22)19(14(5)6)15(7)8/h1-2H3;11H,1-10H2,(H,21,22). The molecule has 22 heteroatoms. The lowest BCUT2D eigenvalue weighted by atomic mass is 11.0. The second kappa shape index (κ2) is 19.4. The molecule has 0 aromatic rings. The van der Waals surface area contributed by atoms with Gasteiger partial charge in [0.2, 0.25) is 0 Å². The molecule has 14 atom stereocenters. The van der Waals surface area contributed by atoms with Crippen LogP contribution in [0.5, 0.6) is 0 Å². The molecule has 0 bridgehead atoms. The summed E-state index contributed by atoms with van der Waals surface area (Å²) in [7, 11) is 32.1. The Morgan fingerprint density at radius 1 is 0.750 bits per heavy atom. The Balaban J connectivity index is 0. The summed E-state index contributed by atoms with van der Waals surface area (Å²) in [6, 6.07) is 0. The SMILES string of the molecule is CC.PP(P)P(PP(P(P(P)P)P(P)P)P(P)P(P)(=S)S)P(P)P. The molecule has 0 amide bonds. The maximum Gasteiger partial charge on any atom is 0.0475 e. The van der Waals surface area contributed by atoms with Crippen molar-refractivity contribution in [3.63, 3.8) is 0 Å². The zero-order valence-electron chi connectivity index (χ0n) is 13.2. The number of hydrogen-bond acceptors (Lipinski definition) is 1. The van der Waals surface area contributed by atoms with E-state index in [1.54, 1.807) is 0 Å². The van der Waals surface area contributed by atoms with E-state index in [0.717, 1.165) is 7.96 Å². The van der Waals surface area contributed by atoms with Gasteiger partial charge in [-0.15, -0.1) is 83.7 Å². The summed E-state index contributed by atoms with van der Waals surface area (Å²) in [5.74, 6) is 0. The zero-order chi connectivity index (χ0) is 19.8. The van der Waals surface area contributed by atoms with Gasteiger partial charge in [0.15, 0.2) is 0 Å². The van der Waals surface area contributed by atoms with Crippen molar-refractivity contribution in [1.82, 2.24) is 0 Å². The van der Waals surface area contributed by atoms with Gasteiger partial charge in [-0.1, -0.05) is 43.5 Å². The molecule has 0 aromatic carbocycles. The van der Waals surface area contributed by atoms with Crippen molar-refractivity contribution in [3.05, 3.63) is 0 Å². The molecule has 0 rings (SSSR count). The van der Waals surface area contributed by atoms with Crippen LogP contribution in [-0.2, 0) is 11.8 Å². The monoisotopic (exact) mass is 736 g/mol. The molecule has 0 aliphatic rings. The van der Waals surface area contributed by atoms with Gasteiger partial charge in [0.1, 0.15) is 0 Å². The summed E-state index contributed by atoms with van der Waals surface area (Å²) in [5, 5.41) is 0. The highest BCUT2D eigenvalue weighted by Crippen LogP contribution is 3.26. The molecule has 0 radical (unpaired) electrons. The first-order valence-corrected chi connectivity index (χ1v) is 44.3. The predicted molar refractivity (Wildman–Crippen MR) is 195 cm³/mol. The van der Waals surface area contributed by atoms with Gasteiger partial charge < -0.3 is 0 Å². The fourth-order valence-corrected chi connectivity index (χ4v) is 220. The summed E-state index contributed by atoms with van der Waals surface area (Å²) in [6.07, 6.45) is 0. The minimum Gasteiger partial charge on any atom is -0.133 e. The second-order valence-electron chi connectivity index (χ2n) is 3.38. The van der Waals surface area contributed by atoms with Gasteiger partial charge >= 0.3 is 0 Å². The van der Waals surface area contributed by atoms with Crippen LogP contribution in [0, 0.1) is 0 Å². The lowest BCUT2D eigenvalue weighted by Crippen LogP contribution is -1.54. The average Bonchev–Trinajstić information content (AvgIpc) is 2.41. The van der Waals surface area contributed by atoms with E-state index >= 15 is 0 Å². The van der Waals surface area contributed by atoms with Crippen LogP contribution in [0.1, 0.15) is 13.8 Å². The molecule has 0 heterocycles. The smallest absolute Gasteiger partial charge is 0.0475 e. The largest absolute Gasteiger partial charge is 0.133 e. The van der Waals surface area contributed by atoms with Crippen molar-refractivity contribution in [2.24, 2.45) is 0 Å². The molecule has 0 aromatic heterocycles. The van der Waals surface area contributed by atoms with Crippen molar-refractivity contribution in [3.8, 4) is 0 Å². The average molecular weight is 736 g/mol. The van der Waals surface area contributed by atoms with E-state index in [0.29, 0.717) is 0 Å². The Labute approximate surface area is 193 Å². The van der Waals surface area contributed by atoms with Gasteiger partial charge in [-0.25, -0.2) is 0 Å². The van der Waals surface area contributed by atoms with Crippen LogP contribution < -0.4 is 0 Å². The Bertz CT molecular complexity index is 343. The summed E-state index contributed by atoms with van der Waals surface area (Å²) < 4.78 is -1.56. The van der Waals surface area contributed by atoms with E-state index in [-0.39, 0.29) is 55.9 Å². The molecular formula is C2H28P20S2. The van der Waals surface area contributed by atoms with Crippen molar-refractivity contribution in [2.75, 3.05) is 0 Å². The molecule has 14 unspecified atom stereocenters. The topological polar surface area (TPSA) is 0 Å². The minimum absolute atomic E-state index is 0.000709.